The third-order valence-electron chi connectivity index (χ3n) is 2.15. The summed E-state index contributed by atoms with van der Waals surface area (Å²) in [5, 5.41) is 9.57. The van der Waals surface area contributed by atoms with Crippen molar-refractivity contribution >= 4 is 28.3 Å². The van der Waals surface area contributed by atoms with E-state index in [0.717, 1.165) is 12.5 Å². The molecule has 0 saturated carbocycles. The zero-order valence-electron chi connectivity index (χ0n) is 8.64. The summed E-state index contributed by atoms with van der Waals surface area (Å²) in [5.41, 5.74) is 5.49. The number of hydrogen-bond acceptors (Lipinski definition) is 2. The molecule has 16 heavy (non-hydrogen) atoms. The Labute approximate surface area is 107 Å². The second-order valence-corrected chi connectivity index (χ2v) is 4.17. The second kappa shape index (κ2) is 6.37. The van der Waals surface area contributed by atoms with Gasteiger partial charge in [-0.2, -0.15) is 0 Å². The highest BCUT2D eigenvalue weighted by molar-refractivity contribution is 9.10. The molecule has 0 amide bonds. The number of aromatic hydroxyl groups is 1. The molecule has 0 heterocycles. The predicted molar refractivity (Wildman–Crippen MR) is 64.8 cm³/mol. The second-order valence-electron chi connectivity index (χ2n) is 3.31. The first-order valence-corrected chi connectivity index (χ1v) is 5.40. The zero-order valence-corrected chi connectivity index (χ0v) is 11.0. The summed E-state index contributed by atoms with van der Waals surface area (Å²) in [5.74, 6) is -2.41. The van der Waals surface area contributed by atoms with E-state index in [1.807, 2.05) is 6.92 Å². The average Bonchev–Trinajstić information content (AvgIpc) is 2.16. The van der Waals surface area contributed by atoms with Crippen molar-refractivity contribution in [1.29, 1.82) is 0 Å². The van der Waals surface area contributed by atoms with Crippen LogP contribution in [0.5, 0.6) is 5.75 Å². The molecular formula is C10H13BrClF2NO. The summed E-state index contributed by atoms with van der Waals surface area (Å²) in [6.45, 7) is 1.88. The van der Waals surface area contributed by atoms with E-state index in [1.54, 1.807) is 0 Å². The lowest BCUT2D eigenvalue weighted by Gasteiger charge is -2.15. The van der Waals surface area contributed by atoms with Gasteiger partial charge in [-0.1, -0.05) is 13.3 Å². The molecule has 6 heteroatoms. The molecule has 0 fully saturated rings. The maximum absolute atomic E-state index is 13.4. The van der Waals surface area contributed by atoms with E-state index in [1.165, 1.54) is 0 Å². The van der Waals surface area contributed by atoms with E-state index >= 15 is 0 Å². The van der Waals surface area contributed by atoms with Crippen molar-refractivity contribution in [3.8, 4) is 5.75 Å². The van der Waals surface area contributed by atoms with Crippen LogP contribution >= 0.6 is 28.3 Å². The van der Waals surface area contributed by atoms with Gasteiger partial charge in [-0.15, -0.1) is 12.4 Å². The van der Waals surface area contributed by atoms with Gasteiger partial charge in [0, 0.05) is 6.04 Å². The molecule has 0 saturated heterocycles. The van der Waals surface area contributed by atoms with Crippen LogP contribution in [0.1, 0.15) is 31.4 Å². The molecule has 2 nitrogen and oxygen atoms in total. The monoisotopic (exact) mass is 315 g/mol. The fourth-order valence-corrected chi connectivity index (χ4v) is 1.81. The van der Waals surface area contributed by atoms with Crippen LogP contribution in [0.15, 0.2) is 10.5 Å². The number of phenols is 1. The molecule has 1 atom stereocenters. The van der Waals surface area contributed by atoms with Crippen LogP contribution in [0.2, 0.25) is 0 Å². The van der Waals surface area contributed by atoms with Gasteiger partial charge in [0.25, 0.3) is 0 Å². The van der Waals surface area contributed by atoms with Crippen LogP contribution in [0, 0.1) is 11.6 Å². The van der Waals surface area contributed by atoms with Crippen molar-refractivity contribution in [3.63, 3.8) is 0 Å². The number of hydrogen-bond donors (Lipinski definition) is 2. The van der Waals surface area contributed by atoms with Gasteiger partial charge in [0.15, 0.2) is 11.6 Å². The Morgan fingerprint density at radius 1 is 1.50 bits per heavy atom. The summed E-state index contributed by atoms with van der Waals surface area (Å²) in [6.07, 6.45) is 1.22. The summed E-state index contributed by atoms with van der Waals surface area (Å²) in [6, 6.07) is 0.189. The molecule has 0 spiro atoms. The van der Waals surface area contributed by atoms with E-state index in [0.29, 0.717) is 6.42 Å². The van der Waals surface area contributed by atoms with Crippen molar-refractivity contribution in [2.45, 2.75) is 25.8 Å². The summed E-state index contributed by atoms with van der Waals surface area (Å²) >= 11 is 2.94. The number of phenolic OH excluding ortho intramolecular Hbond substituents is 1. The molecule has 0 aliphatic heterocycles. The largest absolute Gasteiger partial charge is 0.506 e. The van der Waals surface area contributed by atoms with Gasteiger partial charge < -0.3 is 10.8 Å². The van der Waals surface area contributed by atoms with E-state index < -0.39 is 17.7 Å². The van der Waals surface area contributed by atoms with Crippen LogP contribution in [0.25, 0.3) is 0 Å². The highest BCUT2D eigenvalue weighted by Crippen LogP contribution is 2.36. The van der Waals surface area contributed by atoms with Crippen LogP contribution in [0.4, 0.5) is 8.78 Å². The Morgan fingerprint density at radius 3 is 2.56 bits per heavy atom. The Bertz CT molecular complexity index is 350. The predicted octanol–water partition coefficient (Wildman–Crippen LogP) is 3.65. The topological polar surface area (TPSA) is 46.2 Å². The third-order valence-corrected chi connectivity index (χ3v) is 2.76. The normalized spacial score (nSPS) is 12.1. The lowest BCUT2D eigenvalue weighted by atomic mass is 10.0. The van der Waals surface area contributed by atoms with Gasteiger partial charge in [0.05, 0.1) is 10.0 Å². The zero-order chi connectivity index (χ0) is 11.6. The van der Waals surface area contributed by atoms with Crippen LogP contribution in [-0.4, -0.2) is 5.11 Å². The van der Waals surface area contributed by atoms with Crippen molar-refractivity contribution in [2.24, 2.45) is 5.73 Å². The van der Waals surface area contributed by atoms with Crippen LogP contribution in [-0.2, 0) is 0 Å². The van der Waals surface area contributed by atoms with E-state index in [2.05, 4.69) is 15.9 Å². The summed E-state index contributed by atoms with van der Waals surface area (Å²) < 4.78 is 26.5. The van der Waals surface area contributed by atoms with Gasteiger partial charge in [-0.3, -0.25) is 0 Å². The Hall–Kier alpha value is -0.390. The minimum atomic E-state index is -1.07. The number of nitrogens with two attached hydrogens (primary N) is 1. The SMILES string of the molecule is CCC[C@@H](N)c1c(O)c(Br)cc(F)c1F.Cl. The molecule has 1 rings (SSSR count). The Kier molecular flexibility index (Phi) is 6.22. The molecule has 92 valence electrons. The van der Waals surface area contributed by atoms with E-state index in [-0.39, 0.29) is 28.2 Å². The first kappa shape index (κ1) is 15.6. The van der Waals surface area contributed by atoms with Crippen molar-refractivity contribution in [2.75, 3.05) is 0 Å². The fraction of sp³-hybridized carbons (Fsp3) is 0.400. The van der Waals surface area contributed by atoms with Gasteiger partial charge in [0.2, 0.25) is 0 Å². The minimum absolute atomic E-state index is 0. The molecule has 0 aromatic heterocycles. The highest BCUT2D eigenvalue weighted by atomic mass is 79.9. The quantitative estimate of drug-likeness (QED) is 0.836. The average molecular weight is 317 g/mol. The molecular weight excluding hydrogens is 303 g/mol. The Balaban J connectivity index is 0.00000225. The smallest absolute Gasteiger partial charge is 0.167 e. The summed E-state index contributed by atoms with van der Waals surface area (Å²) in [7, 11) is 0. The first-order valence-electron chi connectivity index (χ1n) is 4.61. The molecule has 1 aromatic carbocycles. The molecule has 0 unspecified atom stereocenters. The van der Waals surface area contributed by atoms with Gasteiger partial charge >= 0.3 is 0 Å². The van der Waals surface area contributed by atoms with Gasteiger partial charge in [0.1, 0.15) is 5.75 Å². The molecule has 0 aliphatic rings. The van der Waals surface area contributed by atoms with Crippen molar-refractivity contribution < 1.29 is 13.9 Å². The van der Waals surface area contributed by atoms with Gasteiger partial charge in [-0.25, -0.2) is 8.78 Å². The number of halogens is 4. The minimum Gasteiger partial charge on any atom is -0.506 e. The number of benzene rings is 1. The van der Waals surface area contributed by atoms with E-state index in [9.17, 15) is 13.9 Å². The molecule has 1 aromatic rings. The first-order chi connectivity index (χ1) is 6.99. The van der Waals surface area contributed by atoms with Crippen LogP contribution < -0.4 is 5.73 Å². The van der Waals surface area contributed by atoms with Gasteiger partial charge in [-0.05, 0) is 28.4 Å². The highest BCUT2D eigenvalue weighted by Gasteiger charge is 2.21. The molecule has 0 radical (unpaired) electrons. The summed E-state index contributed by atoms with van der Waals surface area (Å²) in [4.78, 5) is 0. The van der Waals surface area contributed by atoms with E-state index in [4.69, 9.17) is 5.73 Å². The van der Waals surface area contributed by atoms with Crippen molar-refractivity contribution in [1.82, 2.24) is 0 Å². The molecule has 0 bridgehead atoms. The Morgan fingerprint density at radius 2 is 2.06 bits per heavy atom. The molecule has 3 N–H and O–H groups in total. The number of rotatable bonds is 3. The lowest BCUT2D eigenvalue weighted by molar-refractivity contribution is 0.423. The third kappa shape index (κ3) is 3.06. The lowest BCUT2D eigenvalue weighted by Crippen LogP contribution is -2.13. The molecule has 0 aliphatic carbocycles. The maximum Gasteiger partial charge on any atom is 0.167 e. The maximum atomic E-state index is 13.4. The fourth-order valence-electron chi connectivity index (χ4n) is 1.40. The standard InChI is InChI=1S/C10H12BrF2NO.ClH/c1-2-3-7(14)8-9(13)6(12)4-5(11)10(8)15;/h4,7,15H,2-3,14H2,1H3;1H/t7-;/m1./s1. The van der Waals surface area contributed by atoms with Crippen molar-refractivity contribution in [3.05, 3.63) is 27.7 Å². The van der Waals surface area contributed by atoms with Crippen LogP contribution in [0.3, 0.4) is 0 Å².